The van der Waals surface area contributed by atoms with E-state index in [1.165, 1.54) is 36.0 Å². The Kier molecular flexibility index (Phi) is 6.98. The van der Waals surface area contributed by atoms with Gasteiger partial charge in [0.05, 0.1) is 24.8 Å². The highest BCUT2D eigenvalue weighted by Gasteiger charge is 2.34. The first-order chi connectivity index (χ1) is 14.8. The molecule has 1 aliphatic heterocycles. The standard InChI is InChI=1S/C26H33N3O/c1-2-30-20-26(13-12-22-6-4-3-5-7-22)14-16-29(17-15-26)19-23-8-10-24(11-9-23)25-18-27-21-28-25/h3-11,18,21H,2,12-17,19-20H2,1H3,(H,27,28). The highest BCUT2D eigenvalue weighted by atomic mass is 16.5. The van der Waals surface area contributed by atoms with Crippen molar-refractivity contribution in [2.24, 2.45) is 5.41 Å². The SMILES string of the molecule is CCOCC1(CCc2ccccc2)CCN(Cc2ccc(-c3cnc[nH]3)cc2)CC1. The molecule has 0 unspecified atom stereocenters. The van der Waals surface area contributed by atoms with Gasteiger partial charge in [0, 0.05) is 13.2 Å². The van der Waals surface area contributed by atoms with Crippen molar-refractivity contribution >= 4 is 0 Å². The number of H-pyrrole nitrogens is 1. The van der Waals surface area contributed by atoms with E-state index in [0.29, 0.717) is 5.41 Å². The maximum Gasteiger partial charge on any atom is 0.0924 e. The van der Waals surface area contributed by atoms with Crippen LogP contribution < -0.4 is 0 Å². The molecule has 1 aromatic heterocycles. The molecule has 4 nitrogen and oxygen atoms in total. The molecule has 0 atom stereocenters. The van der Waals surface area contributed by atoms with Crippen LogP contribution >= 0.6 is 0 Å². The van der Waals surface area contributed by atoms with E-state index in [0.717, 1.165) is 45.0 Å². The van der Waals surface area contributed by atoms with Crippen LogP contribution in [0.4, 0.5) is 0 Å². The van der Waals surface area contributed by atoms with Gasteiger partial charge in [-0.25, -0.2) is 4.98 Å². The summed E-state index contributed by atoms with van der Waals surface area (Å²) in [6.45, 7) is 7.11. The molecular weight excluding hydrogens is 370 g/mol. The van der Waals surface area contributed by atoms with Gasteiger partial charge in [0.15, 0.2) is 0 Å². The van der Waals surface area contributed by atoms with Crippen molar-refractivity contribution in [1.82, 2.24) is 14.9 Å². The van der Waals surface area contributed by atoms with Crippen LogP contribution in [0.25, 0.3) is 11.3 Å². The van der Waals surface area contributed by atoms with Crippen LogP contribution in [0.2, 0.25) is 0 Å². The van der Waals surface area contributed by atoms with Gasteiger partial charge >= 0.3 is 0 Å². The summed E-state index contributed by atoms with van der Waals surface area (Å²) >= 11 is 0. The van der Waals surface area contributed by atoms with E-state index in [4.69, 9.17) is 4.74 Å². The second-order valence-electron chi connectivity index (χ2n) is 8.56. The number of piperidine rings is 1. The molecule has 1 fully saturated rings. The van der Waals surface area contributed by atoms with Crippen molar-refractivity contribution in [3.8, 4) is 11.3 Å². The Morgan fingerprint density at radius 3 is 2.43 bits per heavy atom. The highest BCUT2D eigenvalue weighted by Crippen LogP contribution is 2.37. The van der Waals surface area contributed by atoms with Crippen LogP contribution in [0.1, 0.15) is 37.3 Å². The van der Waals surface area contributed by atoms with Crippen molar-refractivity contribution in [2.45, 2.75) is 39.2 Å². The number of imidazole rings is 1. The topological polar surface area (TPSA) is 41.1 Å². The number of aryl methyl sites for hydroxylation is 1. The van der Waals surface area contributed by atoms with Gasteiger partial charge in [0.1, 0.15) is 0 Å². The minimum absolute atomic E-state index is 0.312. The second kappa shape index (κ2) is 10.1. The third-order valence-corrected chi connectivity index (χ3v) is 6.49. The monoisotopic (exact) mass is 403 g/mol. The Morgan fingerprint density at radius 2 is 1.77 bits per heavy atom. The quantitative estimate of drug-likeness (QED) is 0.525. The average Bonchev–Trinajstić information content (AvgIpc) is 3.34. The minimum atomic E-state index is 0.312. The molecule has 4 heteroatoms. The number of likely N-dealkylation sites (tertiary alicyclic amines) is 1. The molecule has 1 aliphatic rings. The predicted octanol–water partition coefficient (Wildman–Crippen LogP) is 5.33. The van der Waals surface area contributed by atoms with Crippen LogP contribution in [0.3, 0.4) is 0 Å². The first kappa shape index (κ1) is 20.8. The second-order valence-corrected chi connectivity index (χ2v) is 8.56. The lowest BCUT2D eigenvalue weighted by molar-refractivity contribution is -0.00232. The molecule has 30 heavy (non-hydrogen) atoms. The molecule has 2 aromatic carbocycles. The summed E-state index contributed by atoms with van der Waals surface area (Å²) in [7, 11) is 0. The van der Waals surface area contributed by atoms with Gasteiger partial charge in [-0.05, 0) is 67.8 Å². The average molecular weight is 404 g/mol. The molecule has 0 radical (unpaired) electrons. The van der Waals surface area contributed by atoms with E-state index < -0.39 is 0 Å². The van der Waals surface area contributed by atoms with Crippen LogP contribution in [-0.4, -0.2) is 41.2 Å². The zero-order valence-corrected chi connectivity index (χ0v) is 18.0. The third kappa shape index (κ3) is 5.38. The van der Waals surface area contributed by atoms with Crippen LogP contribution in [0.5, 0.6) is 0 Å². The molecule has 0 amide bonds. The summed E-state index contributed by atoms with van der Waals surface area (Å²) in [4.78, 5) is 9.88. The van der Waals surface area contributed by atoms with Gasteiger partial charge in [-0.2, -0.15) is 0 Å². The summed E-state index contributed by atoms with van der Waals surface area (Å²) in [5.74, 6) is 0. The summed E-state index contributed by atoms with van der Waals surface area (Å²) in [5, 5.41) is 0. The maximum atomic E-state index is 5.94. The first-order valence-corrected chi connectivity index (χ1v) is 11.2. The summed E-state index contributed by atoms with van der Waals surface area (Å²) < 4.78 is 5.94. The summed E-state index contributed by atoms with van der Waals surface area (Å²) in [5.41, 5.74) is 5.38. The Labute approximate surface area is 180 Å². The lowest BCUT2D eigenvalue weighted by Gasteiger charge is -2.42. The summed E-state index contributed by atoms with van der Waals surface area (Å²) in [6.07, 6.45) is 8.38. The molecule has 3 aromatic rings. The van der Waals surface area contributed by atoms with Gasteiger partial charge in [-0.1, -0.05) is 54.6 Å². The van der Waals surface area contributed by atoms with E-state index in [-0.39, 0.29) is 0 Å². The molecule has 0 saturated carbocycles. The largest absolute Gasteiger partial charge is 0.381 e. The fourth-order valence-electron chi connectivity index (χ4n) is 4.49. The third-order valence-electron chi connectivity index (χ3n) is 6.49. The number of aromatic nitrogens is 2. The number of ether oxygens (including phenoxy) is 1. The van der Waals surface area contributed by atoms with Crippen molar-refractivity contribution in [1.29, 1.82) is 0 Å². The van der Waals surface area contributed by atoms with Crippen LogP contribution in [0.15, 0.2) is 67.1 Å². The Morgan fingerprint density at radius 1 is 1.00 bits per heavy atom. The number of rotatable bonds is 9. The lowest BCUT2D eigenvalue weighted by atomic mass is 9.74. The smallest absolute Gasteiger partial charge is 0.0924 e. The molecule has 0 aliphatic carbocycles. The zero-order chi connectivity index (χ0) is 20.7. The molecule has 158 valence electrons. The minimum Gasteiger partial charge on any atom is -0.381 e. The van der Waals surface area contributed by atoms with Crippen LogP contribution in [-0.2, 0) is 17.7 Å². The van der Waals surface area contributed by atoms with Gasteiger partial charge in [-0.15, -0.1) is 0 Å². The fourth-order valence-corrected chi connectivity index (χ4v) is 4.49. The first-order valence-electron chi connectivity index (χ1n) is 11.2. The Hall–Kier alpha value is -2.43. The summed E-state index contributed by atoms with van der Waals surface area (Å²) in [6, 6.07) is 19.7. The normalized spacial score (nSPS) is 16.6. The van der Waals surface area contributed by atoms with Crippen molar-refractivity contribution < 1.29 is 4.74 Å². The number of nitrogens with zero attached hydrogens (tertiary/aromatic N) is 2. The van der Waals surface area contributed by atoms with Crippen molar-refractivity contribution in [2.75, 3.05) is 26.3 Å². The van der Waals surface area contributed by atoms with Crippen molar-refractivity contribution in [3.05, 3.63) is 78.2 Å². The molecule has 1 saturated heterocycles. The molecular formula is C26H33N3O. The van der Waals surface area contributed by atoms with Gasteiger partial charge in [0.2, 0.25) is 0 Å². The fraction of sp³-hybridized carbons (Fsp3) is 0.423. The van der Waals surface area contributed by atoms with Crippen LogP contribution in [0, 0.1) is 5.41 Å². The predicted molar refractivity (Wildman–Crippen MR) is 122 cm³/mol. The van der Waals surface area contributed by atoms with Crippen molar-refractivity contribution in [3.63, 3.8) is 0 Å². The van der Waals surface area contributed by atoms with Gasteiger partial charge in [0.25, 0.3) is 0 Å². The Balaban J connectivity index is 1.33. The molecule has 0 bridgehead atoms. The molecule has 2 heterocycles. The number of nitrogens with one attached hydrogen (secondary N) is 1. The highest BCUT2D eigenvalue weighted by molar-refractivity contribution is 5.58. The van der Waals surface area contributed by atoms with Gasteiger partial charge < -0.3 is 9.72 Å². The number of hydrogen-bond donors (Lipinski definition) is 1. The number of benzene rings is 2. The zero-order valence-electron chi connectivity index (χ0n) is 18.0. The molecule has 1 N–H and O–H groups in total. The van der Waals surface area contributed by atoms with E-state index in [1.807, 2.05) is 6.20 Å². The lowest BCUT2D eigenvalue weighted by Crippen LogP contribution is -2.42. The number of aromatic amines is 1. The van der Waals surface area contributed by atoms with E-state index >= 15 is 0 Å². The van der Waals surface area contributed by atoms with E-state index in [9.17, 15) is 0 Å². The van der Waals surface area contributed by atoms with E-state index in [2.05, 4.69) is 76.4 Å². The molecule has 4 rings (SSSR count). The number of hydrogen-bond acceptors (Lipinski definition) is 3. The Bertz CT molecular complexity index is 866. The molecule has 0 spiro atoms. The van der Waals surface area contributed by atoms with Gasteiger partial charge in [-0.3, -0.25) is 4.90 Å². The maximum absolute atomic E-state index is 5.94. The van der Waals surface area contributed by atoms with E-state index in [1.54, 1.807) is 6.33 Å².